The fourth-order valence-corrected chi connectivity index (χ4v) is 2.31. The number of hydrogen-bond acceptors (Lipinski definition) is 2. The van der Waals surface area contributed by atoms with Gasteiger partial charge in [0.2, 0.25) is 0 Å². The molecule has 0 atom stereocenters. The number of benzene rings is 1. The van der Waals surface area contributed by atoms with Crippen LogP contribution in [0.15, 0.2) is 34.7 Å². The highest BCUT2D eigenvalue weighted by Gasteiger charge is 2.12. The van der Waals surface area contributed by atoms with Gasteiger partial charge in [0, 0.05) is 11.9 Å². The van der Waals surface area contributed by atoms with E-state index in [1.165, 1.54) is 5.56 Å². The Morgan fingerprint density at radius 3 is 2.63 bits per heavy atom. The Hall–Kier alpha value is -1.55. The van der Waals surface area contributed by atoms with Gasteiger partial charge in [-0.1, -0.05) is 40.2 Å². The summed E-state index contributed by atoms with van der Waals surface area (Å²) in [5, 5.41) is 3.72. The lowest BCUT2D eigenvalue weighted by atomic mass is 10.1. The number of carbonyl (C=O) groups is 1. The summed E-state index contributed by atoms with van der Waals surface area (Å²) in [6, 6.07) is 9.87. The number of rotatable bonds is 4. The summed E-state index contributed by atoms with van der Waals surface area (Å²) in [4.78, 5) is 12.0. The second-order valence-corrected chi connectivity index (χ2v) is 5.02. The molecule has 0 fully saturated rings. The fourth-order valence-electron chi connectivity index (χ4n) is 1.96. The summed E-state index contributed by atoms with van der Waals surface area (Å²) in [6.45, 7) is 4.15. The van der Waals surface area contributed by atoms with E-state index in [-0.39, 0.29) is 5.91 Å². The molecule has 1 N–H and O–H groups in total. The van der Waals surface area contributed by atoms with E-state index in [1.807, 2.05) is 25.1 Å². The maximum Gasteiger partial charge on any atom is 0.255 e. The number of nitrogens with one attached hydrogen (secondary N) is 1. The van der Waals surface area contributed by atoms with E-state index in [2.05, 4.69) is 27.3 Å². The summed E-state index contributed by atoms with van der Waals surface area (Å²) in [5.74, 6) is 1.31. The van der Waals surface area contributed by atoms with Crippen LogP contribution >= 0.6 is 15.9 Å². The van der Waals surface area contributed by atoms with E-state index < -0.39 is 0 Å². The minimum Gasteiger partial charge on any atom is -0.466 e. The number of furan rings is 1. The third-order valence-electron chi connectivity index (χ3n) is 2.88. The first-order valence-electron chi connectivity index (χ1n) is 6.09. The number of carbonyl (C=O) groups excluding carboxylic acids is 1. The van der Waals surface area contributed by atoms with Gasteiger partial charge in [0.05, 0.1) is 5.56 Å². The number of amides is 1. The molecule has 2 rings (SSSR count). The zero-order valence-corrected chi connectivity index (χ0v) is 12.6. The van der Waals surface area contributed by atoms with E-state index in [9.17, 15) is 4.79 Å². The van der Waals surface area contributed by atoms with E-state index >= 15 is 0 Å². The number of aryl methyl sites for hydroxylation is 2. The van der Waals surface area contributed by atoms with Crippen molar-refractivity contribution in [2.45, 2.75) is 25.7 Å². The molecular weight excluding hydrogens is 306 g/mol. The molecule has 1 amide bonds. The Balaban J connectivity index is 2.02. The normalized spacial score (nSPS) is 10.5. The molecule has 100 valence electrons. The lowest BCUT2D eigenvalue weighted by Gasteiger charge is -2.05. The van der Waals surface area contributed by atoms with Crippen molar-refractivity contribution < 1.29 is 9.21 Å². The average Bonchev–Trinajstić information content (AvgIpc) is 2.75. The second kappa shape index (κ2) is 6.06. The molecule has 2 aromatic rings. The van der Waals surface area contributed by atoms with Crippen LogP contribution in [0.1, 0.15) is 33.0 Å². The molecule has 0 radical (unpaired) electrons. The minimum absolute atomic E-state index is 0.0985. The van der Waals surface area contributed by atoms with Crippen molar-refractivity contribution in [1.29, 1.82) is 0 Å². The van der Waals surface area contributed by atoms with Crippen molar-refractivity contribution in [2.75, 3.05) is 0 Å². The second-order valence-electron chi connectivity index (χ2n) is 4.46. The number of hydrogen-bond donors (Lipinski definition) is 1. The maximum absolute atomic E-state index is 12.0. The SMILES string of the molecule is Cc1cc(C(=O)NCc2cccc(CBr)c2)c(C)o1. The van der Waals surface area contributed by atoms with Gasteiger partial charge in [0.15, 0.2) is 0 Å². The lowest BCUT2D eigenvalue weighted by molar-refractivity contribution is 0.0949. The number of halogens is 1. The summed E-state index contributed by atoms with van der Waals surface area (Å²) >= 11 is 3.42. The first kappa shape index (κ1) is 13.9. The van der Waals surface area contributed by atoms with E-state index in [0.717, 1.165) is 16.7 Å². The van der Waals surface area contributed by atoms with E-state index in [1.54, 1.807) is 13.0 Å². The predicted octanol–water partition coefficient (Wildman–Crippen LogP) is 3.72. The molecule has 0 aliphatic heterocycles. The van der Waals surface area contributed by atoms with Crippen LogP contribution in [-0.4, -0.2) is 5.91 Å². The highest BCUT2D eigenvalue weighted by molar-refractivity contribution is 9.08. The van der Waals surface area contributed by atoms with Crippen molar-refractivity contribution in [2.24, 2.45) is 0 Å². The summed E-state index contributed by atoms with van der Waals surface area (Å²) in [6.07, 6.45) is 0. The average molecular weight is 322 g/mol. The number of alkyl halides is 1. The molecule has 0 spiro atoms. The highest BCUT2D eigenvalue weighted by Crippen LogP contribution is 2.14. The molecule has 3 nitrogen and oxygen atoms in total. The van der Waals surface area contributed by atoms with Crippen molar-refractivity contribution in [3.63, 3.8) is 0 Å². The first-order valence-corrected chi connectivity index (χ1v) is 7.21. The molecule has 1 aromatic carbocycles. The lowest BCUT2D eigenvalue weighted by Crippen LogP contribution is -2.23. The molecule has 0 bridgehead atoms. The van der Waals surface area contributed by atoms with Gasteiger partial charge in [-0.2, -0.15) is 0 Å². The third kappa shape index (κ3) is 3.47. The zero-order valence-electron chi connectivity index (χ0n) is 11.0. The van der Waals surface area contributed by atoms with Crippen LogP contribution < -0.4 is 5.32 Å². The molecule has 0 saturated carbocycles. The Morgan fingerprint density at radius 1 is 1.26 bits per heavy atom. The van der Waals surface area contributed by atoms with Gasteiger partial charge < -0.3 is 9.73 Å². The molecule has 1 aromatic heterocycles. The van der Waals surface area contributed by atoms with Crippen LogP contribution in [0.3, 0.4) is 0 Å². The zero-order chi connectivity index (χ0) is 13.8. The molecule has 0 unspecified atom stereocenters. The van der Waals surface area contributed by atoms with Crippen LogP contribution in [0.25, 0.3) is 0 Å². The van der Waals surface area contributed by atoms with Crippen LogP contribution in [0, 0.1) is 13.8 Å². The van der Waals surface area contributed by atoms with Crippen molar-refractivity contribution >= 4 is 21.8 Å². The molecule has 0 aliphatic rings. The Bertz CT molecular complexity index is 590. The Morgan fingerprint density at radius 2 is 2.00 bits per heavy atom. The van der Waals surface area contributed by atoms with E-state index in [0.29, 0.717) is 17.9 Å². The highest BCUT2D eigenvalue weighted by atomic mass is 79.9. The summed E-state index contributed by atoms with van der Waals surface area (Å²) in [7, 11) is 0. The molecule has 4 heteroatoms. The van der Waals surface area contributed by atoms with Gasteiger partial charge in [-0.05, 0) is 31.0 Å². The van der Waals surface area contributed by atoms with Gasteiger partial charge in [0.25, 0.3) is 5.91 Å². The van der Waals surface area contributed by atoms with E-state index in [4.69, 9.17) is 4.42 Å². The Labute approximate surface area is 121 Å². The molecule has 0 aliphatic carbocycles. The largest absolute Gasteiger partial charge is 0.466 e. The van der Waals surface area contributed by atoms with Crippen molar-refractivity contribution in [1.82, 2.24) is 5.32 Å². The van der Waals surface area contributed by atoms with Gasteiger partial charge in [-0.25, -0.2) is 0 Å². The maximum atomic E-state index is 12.0. The van der Waals surface area contributed by atoms with Crippen LogP contribution in [0.2, 0.25) is 0 Å². The molecule has 1 heterocycles. The van der Waals surface area contributed by atoms with Gasteiger partial charge in [-0.3, -0.25) is 4.79 Å². The van der Waals surface area contributed by atoms with Crippen molar-refractivity contribution in [3.8, 4) is 0 Å². The molecule has 19 heavy (non-hydrogen) atoms. The Kier molecular flexibility index (Phi) is 4.43. The minimum atomic E-state index is -0.0985. The van der Waals surface area contributed by atoms with Gasteiger partial charge >= 0.3 is 0 Å². The summed E-state index contributed by atoms with van der Waals surface area (Å²) < 4.78 is 5.36. The smallest absolute Gasteiger partial charge is 0.255 e. The third-order valence-corrected chi connectivity index (χ3v) is 3.53. The molecule has 0 saturated heterocycles. The van der Waals surface area contributed by atoms with Crippen LogP contribution in [0.5, 0.6) is 0 Å². The van der Waals surface area contributed by atoms with Crippen molar-refractivity contribution in [3.05, 3.63) is 58.5 Å². The summed E-state index contributed by atoms with van der Waals surface area (Å²) in [5.41, 5.74) is 2.89. The fraction of sp³-hybridized carbons (Fsp3) is 0.267. The topological polar surface area (TPSA) is 42.2 Å². The quantitative estimate of drug-likeness (QED) is 0.872. The van der Waals surface area contributed by atoms with Gasteiger partial charge in [-0.15, -0.1) is 0 Å². The molecular formula is C15H16BrNO2. The monoisotopic (exact) mass is 321 g/mol. The van der Waals surface area contributed by atoms with Crippen LogP contribution in [0.4, 0.5) is 0 Å². The first-order chi connectivity index (χ1) is 9.10. The van der Waals surface area contributed by atoms with Crippen LogP contribution in [-0.2, 0) is 11.9 Å². The predicted molar refractivity (Wildman–Crippen MR) is 78.4 cm³/mol. The standard InChI is InChI=1S/C15H16BrNO2/c1-10-6-14(11(2)19-10)15(18)17-9-13-5-3-4-12(7-13)8-16/h3-7H,8-9H2,1-2H3,(H,17,18). The van der Waals surface area contributed by atoms with Gasteiger partial charge in [0.1, 0.15) is 11.5 Å².